The first-order valence-electron chi connectivity index (χ1n) is 8.63. The highest BCUT2D eigenvalue weighted by Crippen LogP contribution is 2.36. The average molecular weight is 401 g/mol. The van der Waals surface area contributed by atoms with Crippen molar-refractivity contribution in [3.63, 3.8) is 0 Å². The van der Waals surface area contributed by atoms with Gasteiger partial charge in [-0.05, 0) is 39.0 Å². The van der Waals surface area contributed by atoms with Crippen LogP contribution in [0.25, 0.3) is 11.5 Å². The minimum absolute atomic E-state index is 0.160. The van der Waals surface area contributed by atoms with E-state index in [2.05, 4.69) is 20.6 Å². The summed E-state index contributed by atoms with van der Waals surface area (Å²) in [6.45, 7) is 5.75. The Hall–Kier alpha value is -3.01. The average Bonchev–Trinajstić information content (AvgIpc) is 3.37. The second-order valence-electron chi connectivity index (χ2n) is 6.36. The van der Waals surface area contributed by atoms with Gasteiger partial charge in [-0.2, -0.15) is 5.10 Å². The number of hydrogen-bond donors (Lipinski definition) is 1. The Balaban J connectivity index is 1.44. The smallest absolute Gasteiger partial charge is 0.277 e. The lowest BCUT2D eigenvalue weighted by Crippen LogP contribution is -2.23. The maximum Gasteiger partial charge on any atom is 0.277 e. The summed E-state index contributed by atoms with van der Waals surface area (Å²) >= 11 is 1.19. The van der Waals surface area contributed by atoms with Crippen molar-refractivity contribution in [3.05, 3.63) is 29.6 Å². The molecule has 1 aromatic carbocycles. The largest absolute Gasteiger partial charge is 0.454 e. The number of anilines is 1. The summed E-state index contributed by atoms with van der Waals surface area (Å²) in [5.41, 5.74) is 3.12. The van der Waals surface area contributed by atoms with Gasteiger partial charge in [0.2, 0.25) is 18.6 Å². The monoisotopic (exact) mass is 401 g/mol. The molecular weight excluding hydrogens is 382 g/mol. The van der Waals surface area contributed by atoms with Gasteiger partial charge in [-0.3, -0.25) is 9.48 Å². The fourth-order valence-corrected chi connectivity index (χ4v) is 3.47. The van der Waals surface area contributed by atoms with Crippen LogP contribution in [0.3, 0.4) is 0 Å². The molecule has 28 heavy (non-hydrogen) atoms. The van der Waals surface area contributed by atoms with Crippen LogP contribution in [-0.2, 0) is 11.8 Å². The van der Waals surface area contributed by atoms with Crippen molar-refractivity contribution in [2.75, 3.05) is 12.1 Å². The van der Waals surface area contributed by atoms with Crippen LogP contribution in [0.5, 0.6) is 11.5 Å². The highest BCUT2D eigenvalue weighted by atomic mass is 32.2. The van der Waals surface area contributed by atoms with E-state index in [1.54, 1.807) is 23.7 Å². The quantitative estimate of drug-likeness (QED) is 0.651. The molecule has 2 aromatic heterocycles. The Bertz CT molecular complexity index is 1040. The van der Waals surface area contributed by atoms with Crippen LogP contribution in [0.15, 0.2) is 27.8 Å². The van der Waals surface area contributed by atoms with Gasteiger partial charge in [0.1, 0.15) is 0 Å². The van der Waals surface area contributed by atoms with Gasteiger partial charge in [-0.15, -0.1) is 10.2 Å². The summed E-state index contributed by atoms with van der Waals surface area (Å²) < 4.78 is 18.1. The van der Waals surface area contributed by atoms with Gasteiger partial charge < -0.3 is 19.2 Å². The van der Waals surface area contributed by atoms with E-state index in [0.29, 0.717) is 22.6 Å². The Morgan fingerprint density at radius 1 is 1.25 bits per heavy atom. The lowest BCUT2D eigenvalue weighted by atomic mass is 10.2. The number of aryl methyl sites for hydroxylation is 2. The predicted octanol–water partition coefficient (Wildman–Crippen LogP) is 2.93. The first-order valence-corrected chi connectivity index (χ1v) is 9.51. The summed E-state index contributed by atoms with van der Waals surface area (Å²) in [5.74, 6) is 1.52. The zero-order valence-electron chi connectivity index (χ0n) is 15.8. The fraction of sp³-hybridized carbons (Fsp3) is 0.333. The molecule has 1 atom stereocenters. The van der Waals surface area contributed by atoms with Gasteiger partial charge in [0, 0.05) is 12.6 Å². The van der Waals surface area contributed by atoms with E-state index in [4.69, 9.17) is 13.9 Å². The van der Waals surface area contributed by atoms with Gasteiger partial charge in [0.15, 0.2) is 11.5 Å². The maximum absolute atomic E-state index is 12.5. The highest BCUT2D eigenvalue weighted by Gasteiger charge is 2.22. The number of rotatable bonds is 5. The number of thioether (sulfide) groups is 1. The van der Waals surface area contributed by atoms with E-state index >= 15 is 0 Å². The van der Waals surface area contributed by atoms with E-state index < -0.39 is 5.25 Å². The molecule has 1 aliphatic rings. The van der Waals surface area contributed by atoms with Crippen molar-refractivity contribution in [2.24, 2.45) is 7.05 Å². The zero-order chi connectivity index (χ0) is 19.8. The standard InChI is InChI=1S/C18H19N5O4S/c1-9-15(10(2)23(4)22-9)19-16(24)11(3)28-18-21-20-17(27-18)12-5-6-13-14(7-12)26-8-25-13/h5-7,11H,8H2,1-4H3,(H,19,24)/t11-/m0/s1. The third-order valence-corrected chi connectivity index (χ3v) is 5.36. The summed E-state index contributed by atoms with van der Waals surface area (Å²) in [4.78, 5) is 12.5. The van der Waals surface area contributed by atoms with E-state index in [-0.39, 0.29) is 12.7 Å². The highest BCUT2D eigenvalue weighted by molar-refractivity contribution is 8.00. The van der Waals surface area contributed by atoms with Crippen LogP contribution in [0.2, 0.25) is 0 Å². The number of amides is 1. The van der Waals surface area contributed by atoms with Gasteiger partial charge >= 0.3 is 0 Å². The molecule has 1 N–H and O–H groups in total. The summed E-state index contributed by atoms with van der Waals surface area (Å²) in [5, 5.41) is 15.2. The van der Waals surface area contributed by atoms with Crippen LogP contribution < -0.4 is 14.8 Å². The normalized spacial score (nSPS) is 13.6. The van der Waals surface area contributed by atoms with E-state index in [0.717, 1.165) is 22.6 Å². The Labute approximate surface area is 165 Å². The topological polar surface area (TPSA) is 104 Å². The molecule has 1 aliphatic heterocycles. The second kappa shape index (κ2) is 7.19. The van der Waals surface area contributed by atoms with Crippen molar-refractivity contribution in [2.45, 2.75) is 31.2 Å². The molecule has 0 saturated heterocycles. The molecule has 1 amide bonds. The number of fused-ring (bicyclic) bond motifs is 1. The molecule has 10 heteroatoms. The van der Waals surface area contributed by atoms with Crippen molar-refractivity contribution in [1.82, 2.24) is 20.0 Å². The van der Waals surface area contributed by atoms with Crippen LogP contribution in [0.4, 0.5) is 5.69 Å². The van der Waals surface area contributed by atoms with Gasteiger partial charge in [-0.1, -0.05) is 11.8 Å². The lowest BCUT2D eigenvalue weighted by molar-refractivity contribution is -0.115. The van der Waals surface area contributed by atoms with Crippen LogP contribution >= 0.6 is 11.8 Å². The lowest BCUT2D eigenvalue weighted by Gasteiger charge is -2.10. The molecule has 0 saturated carbocycles. The van der Waals surface area contributed by atoms with Crippen molar-refractivity contribution < 1.29 is 18.7 Å². The van der Waals surface area contributed by atoms with E-state index in [1.807, 2.05) is 27.0 Å². The molecule has 146 valence electrons. The molecule has 0 aliphatic carbocycles. The number of nitrogens with one attached hydrogen (secondary N) is 1. The summed E-state index contributed by atoms with van der Waals surface area (Å²) in [7, 11) is 1.84. The van der Waals surface area contributed by atoms with Crippen molar-refractivity contribution in [3.8, 4) is 23.0 Å². The minimum Gasteiger partial charge on any atom is -0.454 e. The Morgan fingerprint density at radius 2 is 2.04 bits per heavy atom. The molecule has 3 aromatic rings. The molecule has 0 spiro atoms. The fourth-order valence-electron chi connectivity index (χ4n) is 2.79. The van der Waals surface area contributed by atoms with Gasteiger partial charge in [0.05, 0.1) is 22.3 Å². The Kier molecular flexibility index (Phi) is 4.71. The van der Waals surface area contributed by atoms with Gasteiger partial charge in [0.25, 0.3) is 5.22 Å². The molecule has 0 unspecified atom stereocenters. The van der Waals surface area contributed by atoms with E-state index in [9.17, 15) is 4.79 Å². The van der Waals surface area contributed by atoms with Gasteiger partial charge in [-0.25, -0.2) is 0 Å². The number of ether oxygens (including phenoxy) is 2. The number of nitrogens with zero attached hydrogens (tertiary/aromatic N) is 4. The summed E-state index contributed by atoms with van der Waals surface area (Å²) in [6, 6.07) is 5.40. The second-order valence-corrected chi connectivity index (χ2v) is 7.65. The maximum atomic E-state index is 12.5. The third-order valence-electron chi connectivity index (χ3n) is 4.43. The number of aromatic nitrogens is 4. The number of hydrogen-bond acceptors (Lipinski definition) is 8. The molecule has 0 radical (unpaired) electrons. The SMILES string of the molecule is Cc1nn(C)c(C)c1NC(=O)[C@H](C)Sc1nnc(-c2ccc3c(c2)OCO3)o1. The third kappa shape index (κ3) is 3.42. The molecule has 0 bridgehead atoms. The van der Waals surface area contributed by atoms with Crippen LogP contribution in [0, 0.1) is 13.8 Å². The van der Waals surface area contributed by atoms with E-state index in [1.165, 1.54) is 11.8 Å². The first kappa shape index (κ1) is 18.4. The van der Waals surface area contributed by atoms with Crippen molar-refractivity contribution >= 4 is 23.4 Å². The number of carbonyl (C=O) groups is 1. The number of benzene rings is 1. The first-order chi connectivity index (χ1) is 13.4. The predicted molar refractivity (Wildman–Crippen MR) is 102 cm³/mol. The van der Waals surface area contributed by atoms with Crippen LogP contribution in [-0.4, -0.2) is 37.9 Å². The molecule has 4 rings (SSSR count). The minimum atomic E-state index is -0.427. The molecular formula is C18H19N5O4S. The molecule has 9 nitrogen and oxygen atoms in total. The molecule has 0 fully saturated rings. The Morgan fingerprint density at radius 3 is 2.79 bits per heavy atom. The van der Waals surface area contributed by atoms with Crippen LogP contribution in [0.1, 0.15) is 18.3 Å². The summed E-state index contributed by atoms with van der Waals surface area (Å²) in [6.07, 6.45) is 0. The van der Waals surface area contributed by atoms with Crippen molar-refractivity contribution in [1.29, 1.82) is 0 Å². The number of carbonyl (C=O) groups excluding carboxylic acids is 1. The zero-order valence-corrected chi connectivity index (χ0v) is 16.7. The molecule has 3 heterocycles.